The van der Waals surface area contributed by atoms with Crippen molar-refractivity contribution in [3.05, 3.63) is 35.4 Å². The monoisotopic (exact) mass is 248 g/mol. The first-order valence-electron chi connectivity index (χ1n) is 6.55. The van der Waals surface area contributed by atoms with Crippen LogP contribution in [0.3, 0.4) is 0 Å². The summed E-state index contributed by atoms with van der Waals surface area (Å²) in [5, 5.41) is 0. The number of amides is 1. The number of nitrogens with two attached hydrogens (primary N) is 1. The van der Waals surface area contributed by atoms with Crippen molar-refractivity contribution in [3.8, 4) is 0 Å². The summed E-state index contributed by atoms with van der Waals surface area (Å²) >= 11 is 0. The van der Waals surface area contributed by atoms with Crippen molar-refractivity contribution in [2.45, 2.75) is 45.7 Å². The highest BCUT2D eigenvalue weighted by Crippen LogP contribution is 2.19. The molecule has 1 rings (SSSR count). The van der Waals surface area contributed by atoms with E-state index >= 15 is 0 Å². The molecule has 3 heteroatoms. The summed E-state index contributed by atoms with van der Waals surface area (Å²) in [6, 6.07) is 8.04. The molecule has 1 amide bonds. The van der Waals surface area contributed by atoms with Gasteiger partial charge in [0, 0.05) is 13.6 Å². The minimum absolute atomic E-state index is 0.0268. The molecule has 0 saturated heterocycles. The van der Waals surface area contributed by atoms with E-state index in [-0.39, 0.29) is 5.91 Å². The number of carbonyl (C=O) groups is 1. The number of rotatable bonds is 5. The second kappa shape index (κ2) is 6.55. The van der Waals surface area contributed by atoms with Gasteiger partial charge in [-0.05, 0) is 30.4 Å². The van der Waals surface area contributed by atoms with Crippen LogP contribution in [0.25, 0.3) is 0 Å². The van der Waals surface area contributed by atoms with Crippen LogP contribution in [0.2, 0.25) is 0 Å². The van der Waals surface area contributed by atoms with Crippen molar-refractivity contribution in [1.82, 2.24) is 4.90 Å². The van der Waals surface area contributed by atoms with E-state index < -0.39 is 6.04 Å². The molecule has 0 aliphatic rings. The first kappa shape index (κ1) is 14.7. The van der Waals surface area contributed by atoms with Crippen LogP contribution in [0.5, 0.6) is 0 Å². The summed E-state index contributed by atoms with van der Waals surface area (Å²) in [6.07, 6.45) is 1.14. The lowest BCUT2D eigenvalue weighted by atomic mass is 9.97. The number of carbonyl (C=O) groups excluding carboxylic acids is 1. The molecule has 1 aromatic carbocycles. The van der Waals surface area contributed by atoms with Crippen molar-refractivity contribution < 1.29 is 4.79 Å². The second-order valence-corrected chi connectivity index (χ2v) is 5.03. The second-order valence-electron chi connectivity index (χ2n) is 5.03. The molecular weight excluding hydrogens is 224 g/mol. The summed E-state index contributed by atoms with van der Waals surface area (Å²) in [5.41, 5.74) is 8.07. The van der Waals surface area contributed by atoms with Crippen LogP contribution in [0.15, 0.2) is 24.3 Å². The van der Waals surface area contributed by atoms with Gasteiger partial charge in [0.2, 0.25) is 5.91 Å². The Kier molecular flexibility index (Phi) is 5.35. The number of hydrogen-bond acceptors (Lipinski definition) is 2. The van der Waals surface area contributed by atoms with E-state index in [0.29, 0.717) is 12.5 Å². The molecule has 0 aliphatic carbocycles. The largest absolute Gasteiger partial charge is 0.340 e. The average molecular weight is 248 g/mol. The molecule has 3 nitrogen and oxygen atoms in total. The van der Waals surface area contributed by atoms with Gasteiger partial charge in [0.05, 0.1) is 6.04 Å². The van der Waals surface area contributed by atoms with Crippen molar-refractivity contribution in [1.29, 1.82) is 0 Å². The Hall–Kier alpha value is -1.35. The van der Waals surface area contributed by atoms with Gasteiger partial charge in [-0.2, -0.15) is 0 Å². The summed E-state index contributed by atoms with van der Waals surface area (Å²) < 4.78 is 0. The van der Waals surface area contributed by atoms with Gasteiger partial charge < -0.3 is 10.6 Å². The van der Waals surface area contributed by atoms with Crippen LogP contribution < -0.4 is 5.73 Å². The van der Waals surface area contributed by atoms with E-state index in [1.807, 2.05) is 0 Å². The summed E-state index contributed by atoms with van der Waals surface area (Å²) in [5.74, 6) is 0.559. The van der Waals surface area contributed by atoms with E-state index in [0.717, 1.165) is 12.0 Å². The van der Waals surface area contributed by atoms with Gasteiger partial charge in [-0.25, -0.2) is 0 Å². The summed E-state index contributed by atoms with van der Waals surface area (Å²) in [6.45, 7) is 6.74. The van der Waals surface area contributed by atoms with Crippen molar-refractivity contribution in [3.63, 3.8) is 0 Å². The first-order chi connectivity index (χ1) is 8.45. The zero-order chi connectivity index (χ0) is 13.7. The molecule has 0 bridgehead atoms. The van der Waals surface area contributed by atoms with Crippen molar-refractivity contribution >= 4 is 5.91 Å². The van der Waals surface area contributed by atoms with Gasteiger partial charge in [-0.1, -0.05) is 38.1 Å². The van der Waals surface area contributed by atoms with Gasteiger partial charge in [-0.15, -0.1) is 0 Å². The molecule has 100 valence electrons. The lowest BCUT2D eigenvalue weighted by Crippen LogP contribution is -2.39. The van der Waals surface area contributed by atoms with Gasteiger partial charge in [0.1, 0.15) is 0 Å². The Morgan fingerprint density at radius 3 is 2.28 bits per heavy atom. The SMILES string of the molecule is CCC(C)c1ccc(CN(C)C(=O)C(C)N)cc1. The Bertz CT molecular complexity index is 384. The number of likely N-dealkylation sites (N-methyl/N-ethyl adjacent to an activating group) is 1. The maximum absolute atomic E-state index is 11.7. The molecule has 2 unspecified atom stereocenters. The quantitative estimate of drug-likeness (QED) is 0.870. The minimum Gasteiger partial charge on any atom is -0.340 e. The van der Waals surface area contributed by atoms with E-state index in [4.69, 9.17) is 5.73 Å². The number of hydrogen-bond donors (Lipinski definition) is 1. The predicted octanol–water partition coefficient (Wildman–Crippen LogP) is 2.51. The van der Waals surface area contributed by atoms with Crippen LogP contribution in [0.1, 0.15) is 44.2 Å². The molecule has 0 saturated carbocycles. The first-order valence-corrected chi connectivity index (χ1v) is 6.55. The fraction of sp³-hybridized carbons (Fsp3) is 0.533. The van der Waals surface area contributed by atoms with Crippen LogP contribution >= 0.6 is 0 Å². The standard InChI is InChI=1S/C15H24N2O/c1-5-11(2)14-8-6-13(7-9-14)10-17(4)15(18)12(3)16/h6-9,11-12H,5,10,16H2,1-4H3. The van der Waals surface area contributed by atoms with E-state index in [9.17, 15) is 4.79 Å². The topological polar surface area (TPSA) is 46.3 Å². The Balaban J connectivity index is 2.66. The molecule has 0 spiro atoms. The Morgan fingerprint density at radius 2 is 1.83 bits per heavy atom. The van der Waals surface area contributed by atoms with Crippen LogP contribution in [0.4, 0.5) is 0 Å². The fourth-order valence-electron chi connectivity index (χ4n) is 1.89. The van der Waals surface area contributed by atoms with Crippen LogP contribution in [-0.4, -0.2) is 23.9 Å². The molecule has 2 atom stereocenters. The molecule has 2 N–H and O–H groups in total. The number of benzene rings is 1. The smallest absolute Gasteiger partial charge is 0.239 e. The van der Waals surface area contributed by atoms with E-state index in [1.54, 1.807) is 18.9 Å². The Labute approximate surface area is 110 Å². The maximum atomic E-state index is 11.7. The average Bonchev–Trinajstić information content (AvgIpc) is 2.37. The molecule has 1 aromatic rings. The zero-order valence-electron chi connectivity index (χ0n) is 11.8. The normalized spacial score (nSPS) is 14.1. The van der Waals surface area contributed by atoms with Crippen LogP contribution in [0, 0.1) is 0 Å². The van der Waals surface area contributed by atoms with Gasteiger partial charge in [-0.3, -0.25) is 4.79 Å². The highest BCUT2D eigenvalue weighted by Gasteiger charge is 2.13. The van der Waals surface area contributed by atoms with Gasteiger partial charge >= 0.3 is 0 Å². The third kappa shape index (κ3) is 3.84. The molecule has 0 aromatic heterocycles. The lowest BCUT2D eigenvalue weighted by molar-refractivity contribution is -0.131. The molecule has 0 radical (unpaired) electrons. The van der Waals surface area contributed by atoms with Crippen molar-refractivity contribution in [2.24, 2.45) is 5.73 Å². The fourth-order valence-corrected chi connectivity index (χ4v) is 1.89. The lowest BCUT2D eigenvalue weighted by Gasteiger charge is -2.19. The molecule has 18 heavy (non-hydrogen) atoms. The number of nitrogens with zero attached hydrogens (tertiary/aromatic N) is 1. The molecular formula is C15H24N2O. The highest BCUT2D eigenvalue weighted by molar-refractivity contribution is 5.80. The zero-order valence-corrected chi connectivity index (χ0v) is 11.8. The van der Waals surface area contributed by atoms with E-state index in [1.165, 1.54) is 5.56 Å². The van der Waals surface area contributed by atoms with E-state index in [2.05, 4.69) is 38.1 Å². The summed E-state index contributed by atoms with van der Waals surface area (Å²) in [4.78, 5) is 13.3. The Morgan fingerprint density at radius 1 is 1.28 bits per heavy atom. The maximum Gasteiger partial charge on any atom is 0.239 e. The van der Waals surface area contributed by atoms with Crippen LogP contribution in [-0.2, 0) is 11.3 Å². The third-order valence-corrected chi connectivity index (χ3v) is 3.35. The van der Waals surface area contributed by atoms with Gasteiger partial charge in [0.15, 0.2) is 0 Å². The van der Waals surface area contributed by atoms with Crippen molar-refractivity contribution in [2.75, 3.05) is 7.05 Å². The molecule has 0 fully saturated rings. The predicted molar refractivity (Wildman–Crippen MR) is 75.3 cm³/mol. The molecule has 0 heterocycles. The summed E-state index contributed by atoms with van der Waals surface area (Å²) in [7, 11) is 1.79. The highest BCUT2D eigenvalue weighted by atomic mass is 16.2. The molecule has 0 aliphatic heterocycles. The minimum atomic E-state index is -0.436. The third-order valence-electron chi connectivity index (χ3n) is 3.35. The van der Waals surface area contributed by atoms with Gasteiger partial charge in [0.25, 0.3) is 0 Å².